The highest BCUT2D eigenvalue weighted by Gasteiger charge is 2.45. The Bertz CT molecular complexity index is 440. The highest BCUT2D eigenvalue weighted by Crippen LogP contribution is 2.40. The summed E-state index contributed by atoms with van der Waals surface area (Å²) in [6.45, 7) is 3.40. The van der Waals surface area contributed by atoms with Crippen molar-refractivity contribution < 1.29 is 23.2 Å². The highest BCUT2D eigenvalue weighted by atomic mass is 32.2. The molecule has 6 nitrogen and oxygen atoms in total. The summed E-state index contributed by atoms with van der Waals surface area (Å²) in [4.78, 5) is 4.25. The van der Waals surface area contributed by atoms with Crippen LogP contribution in [0.2, 0.25) is 0 Å². The summed E-state index contributed by atoms with van der Waals surface area (Å²) in [6, 6.07) is 0. The first kappa shape index (κ1) is 15.3. The van der Waals surface area contributed by atoms with Gasteiger partial charge < -0.3 is 10.2 Å². The monoisotopic (exact) mass is 277 g/mol. The fraction of sp³-hybridized carbons (Fsp3) is 0.727. The molecule has 0 radical (unpaired) electrons. The first-order valence-electron chi connectivity index (χ1n) is 5.59. The van der Waals surface area contributed by atoms with Crippen molar-refractivity contribution in [3.05, 3.63) is 12.2 Å². The lowest BCUT2D eigenvalue weighted by atomic mass is 9.70. The van der Waals surface area contributed by atoms with Crippen molar-refractivity contribution in [3.63, 3.8) is 0 Å². The van der Waals surface area contributed by atoms with Crippen molar-refractivity contribution in [2.45, 2.75) is 31.9 Å². The Morgan fingerprint density at radius 1 is 1.44 bits per heavy atom. The minimum Gasteiger partial charge on any atom is -0.396 e. The molecule has 2 unspecified atom stereocenters. The van der Waals surface area contributed by atoms with E-state index in [4.69, 9.17) is 4.55 Å². The molecule has 7 heteroatoms. The fourth-order valence-electron chi connectivity index (χ4n) is 2.02. The molecule has 0 amide bonds. The zero-order valence-corrected chi connectivity index (χ0v) is 11.3. The molecule has 0 fully saturated rings. The minimum atomic E-state index is -4.23. The molecule has 104 valence electrons. The van der Waals surface area contributed by atoms with Crippen LogP contribution in [-0.2, 0) is 10.1 Å². The van der Waals surface area contributed by atoms with E-state index in [9.17, 15) is 18.6 Å². The Morgan fingerprint density at radius 2 is 2.06 bits per heavy atom. The first-order chi connectivity index (χ1) is 8.12. The molecule has 0 saturated carbocycles. The van der Waals surface area contributed by atoms with E-state index in [2.05, 4.69) is 4.99 Å². The van der Waals surface area contributed by atoms with Gasteiger partial charge in [0.2, 0.25) is 0 Å². The van der Waals surface area contributed by atoms with Crippen LogP contribution in [0.1, 0.15) is 20.3 Å². The number of nitrogens with zero attached hydrogens (tertiary/aromatic N) is 1. The van der Waals surface area contributed by atoms with Crippen LogP contribution in [0.25, 0.3) is 0 Å². The van der Waals surface area contributed by atoms with E-state index >= 15 is 0 Å². The van der Waals surface area contributed by atoms with E-state index in [1.165, 1.54) is 0 Å². The van der Waals surface area contributed by atoms with Crippen molar-refractivity contribution in [2.24, 2.45) is 10.4 Å². The standard InChI is InChI=1S/C11H19NO5S/c1-10(2,8-13)11(4-3-5-12-11)6-9(14)7-18(15,16)17/h3-5,9,13-14H,6-8H2,1-2H3,(H,15,16,17). The number of allylic oxidation sites excluding steroid dienone is 1. The molecular formula is C11H19NO5S. The maximum absolute atomic E-state index is 10.7. The molecule has 0 saturated heterocycles. The summed E-state index contributed by atoms with van der Waals surface area (Å²) < 4.78 is 30.2. The van der Waals surface area contributed by atoms with Crippen LogP contribution in [-0.4, -0.2) is 53.4 Å². The predicted molar refractivity (Wildman–Crippen MR) is 68.3 cm³/mol. The van der Waals surface area contributed by atoms with Crippen LogP contribution in [0.3, 0.4) is 0 Å². The Balaban J connectivity index is 2.90. The zero-order chi connectivity index (χ0) is 14.0. The van der Waals surface area contributed by atoms with Gasteiger partial charge in [0, 0.05) is 18.1 Å². The smallest absolute Gasteiger partial charge is 0.267 e. The van der Waals surface area contributed by atoms with Crippen LogP contribution >= 0.6 is 0 Å². The van der Waals surface area contributed by atoms with Gasteiger partial charge in [0.15, 0.2) is 0 Å². The minimum absolute atomic E-state index is 0.0212. The fourth-order valence-corrected chi connectivity index (χ4v) is 2.62. The van der Waals surface area contributed by atoms with Crippen LogP contribution < -0.4 is 0 Å². The lowest BCUT2D eigenvalue weighted by Gasteiger charge is -2.40. The summed E-state index contributed by atoms with van der Waals surface area (Å²) >= 11 is 0. The first-order valence-corrected chi connectivity index (χ1v) is 7.20. The van der Waals surface area contributed by atoms with Crippen molar-refractivity contribution >= 4 is 16.3 Å². The van der Waals surface area contributed by atoms with Crippen molar-refractivity contribution in [1.82, 2.24) is 0 Å². The average Bonchev–Trinajstić information content (AvgIpc) is 2.64. The van der Waals surface area contributed by atoms with Gasteiger partial charge in [0.25, 0.3) is 10.1 Å². The summed E-state index contributed by atoms with van der Waals surface area (Å²) in [5, 5.41) is 19.1. The molecule has 1 aliphatic rings. The Morgan fingerprint density at radius 3 is 2.44 bits per heavy atom. The van der Waals surface area contributed by atoms with E-state index in [1.54, 1.807) is 32.2 Å². The molecule has 3 N–H and O–H groups in total. The maximum Gasteiger partial charge on any atom is 0.267 e. The lowest BCUT2D eigenvalue weighted by molar-refractivity contribution is 0.0635. The van der Waals surface area contributed by atoms with Crippen LogP contribution in [0, 0.1) is 5.41 Å². The summed E-state index contributed by atoms with van der Waals surface area (Å²) in [6.07, 6.45) is 3.75. The second-order valence-corrected chi connectivity index (χ2v) is 6.71. The van der Waals surface area contributed by atoms with Gasteiger partial charge in [-0.1, -0.05) is 19.9 Å². The van der Waals surface area contributed by atoms with Gasteiger partial charge in [0.05, 0.1) is 18.2 Å². The molecule has 1 aliphatic heterocycles. The molecule has 0 aromatic carbocycles. The van der Waals surface area contributed by atoms with Gasteiger partial charge in [-0.15, -0.1) is 0 Å². The van der Waals surface area contributed by atoms with Crippen molar-refractivity contribution in [2.75, 3.05) is 12.4 Å². The second-order valence-electron chi connectivity index (χ2n) is 5.21. The number of hydrogen-bond donors (Lipinski definition) is 3. The van der Waals surface area contributed by atoms with Crippen LogP contribution in [0.15, 0.2) is 17.1 Å². The second kappa shape index (κ2) is 5.08. The van der Waals surface area contributed by atoms with Crippen molar-refractivity contribution in [1.29, 1.82) is 0 Å². The molecule has 0 spiro atoms. The van der Waals surface area contributed by atoms with E-state index in [0.29, 0.717) is 0 Å². The van der Waals surface area contributed by atoms with Gasteiger partial charge in [0.1, 0.15) is 5.75 Å². The number of rotatable bonds is 6. The van der Waals surface area contributed by atoms with Crippen LogP contribution in [0.4, 0.5) is 0 Å². The third kappa shape index (κ3) is 3.38. The van der Waals surface area contributed by atoms with E-state index in [0.717, 1.165) is 0 Å². The molecule has 0 bridgehead atoms. The highest BCUT2D eigenvalue weighted by molar-refractivity contribution is 7.85. The summed E-state index contributed by atoms with van der Waals surface area (Å²) in [5.41, 5.74) is -1.50. The molecular weight excluding hydrogens is 258 g/mol. The molecule has 1 heterocycles. The molecule has 18 heavy (non-hydrogen) atoms. The quantitative estimate of drug-likeness (QED) is 0.593. The number of aliphatic hydroxyl groups excluding tert-OH is 2. The number of aliphatic imine (C=N–C) groups is 1. The lowest BCUT2D eigenvalue weighted by Crippen LogP contribution is -2.46. The van der Waals surface area contributed by atoms with Gasteiger partial charge in [-0.3, -0.25) is 9.55 Å². The Kier molecular flexibility index (Phi) is 4.32. The summed E-state index contributed by atoms with van der Waals surface area (Å²) in [5.74, 6) is -0.736. The Hall–Kier alpha value is -0.760. The van der Waals surface area contributed by atoms with Gasteiger partial charge >= 0.3 is 0 Å². The van der Waals surface area contributed by atoms with Crippen LogP contribution in [0.5, 0.6) is 0 Å². The predicted octanol–water partition coefficient (Wildman–Crippen LogP) is 0.0231. The van der Waals surface area contributed by atoms with E-state index in [-0.39, 0.29) is 13.0 Å². The van der Waals surface area contributed by atoms with E-state index < -0.39 is 32.9 Å². The van der Waals surface area contributed by atoms with E-state index in [1.807, 2.05) is 0 Å². The SMILES string of the molecule is CC(C)(CO)C1(CC(O)CS(=O)(=O)O)C=CC=N1. The molecule has 2 atom stereocenters. The number of hydrogen-bond acceptors (Lipinski definition) is 5. The average molecular weight is 277 g/mol. The van der Waals surface area contributed by atoms with Crippen molar-refractivity contribution in [3.8, 4) is 0 Å². The number of aliphatic hydroxyl groups is 2. The van der Waals surface area contributed by atoms with Gasteiger partial charge in [-0.2, -0.15) is 8.42 Å². The Labute approximate surface area is 107 Å². The normalized spacial score (nSPS) is 25.6. The third-order valence-corrected chi connectivity index (χ3v) is 4.09. The third-order valence-electron chi connectivity index (χ3n) is 3.28. The molecule has 0 aromatic heterocycles. The largest absolute Gasteiger partial charge is 0.396 e. The summed E-state index contributed by atoms with van der Waals surface area (Å²) in [7, 11) is -4.23. The van der Waals surface area contributed by atoms with Gasteiger partial charge in [-0.25, -0.2) is 0 Å². The topological polar surface area (TPSA) is 107 Å². The molecule has 1 rings (SSSR count). The zero-order valence-electron chi connectivity index (χ0n) is 10.4. The van der Waals surface area contributed by atoms with Gasteiger partial charge in [-0.05, 0) is 6.08 Å². The maximum atomic E-state index is 10.7. The molecule has 0 aliphatic carbocycles. The molecule has 0 aromatic rings.